The second-order valence-electron chi connectivity index (χ2n) is 5.75. The van der Waals surface area contributed by atoms with Crippen molar-refractivity contribution >= 4 is 8.32 Å². The van der Waals surface area contributed by atoms with Gasteiger partial charge in [0.2, 0.25) is 6.79 Å². The Morgan fingerprint density at radius 3 is 2.33 bits per heavy atom. The summed E-state index contributed by atoms with van der Waals surface area (Å²) >= 11 is 0. The van der Waals surface area contributed by atoms with Gasteiger partial charge in [-0.05, 0) is 42.2 Å². The lowest BCUT2D eigenvalue weighted by molar-refractivity contribution is 0.171. The molecule has 1 atom stereocenters. The van der Waals surface area contributed by atoms with Crippen molar-refractivity contribution in [1.29, 1.82) is 0 Å². The molecule has 0 aromatic heterocycles. The van der Waals surface area contributed by atoms with E-state index in [9.17, 15) is 0 Å². The Hall–Kier alpha value is -1.00. The van der Waals surface area contributed by atoms with Crippen molar-refractivity contribution in [2.24, 2.45) is 0 Å². The maximum atomic E-state index is 6.71. The van der Waals surface area contributed by atoms with E-state index < -0.39 is 8.32 Å². The predicted octanol–water partition coefficient (Wildman–Crippen LogP) is 5.28. The smallest absolute Gasteiger partial charge is 0.231 e. The van der Waals surface area contributed by atoms with E-state index >= 15 is 0 Å². The minimum atomic E-state index is -1.60. The van der Waals surface area contributed by atoms with Crippen molar-refractivity contribution in [1.82, 2.24) is 0 Å². The van der Waals surface area contributed by atoms with E-state index in [1.54, 1.807) is 0 Å². The number of hydrogen-bond donors (Lipinski definition) is 0. The highest BCUT2D eigenvalue weighted by Crippen LogP contribution is 2.38. The summed E-state index contributed by atoms with van der Waals surface area (Å²) in [5.41, 5.74) is 1.23. The minimum absolute atomic E-state index is 0.191. The molecule has 0 fully saturated rings. The highest BCUT2D eigenvalue weighted by molar-refractivity contribution is 6.73. The fourth-order valence-electron chi connectivity index (χ4n) is 2.97. The minimum Gasteiger partial charge on any atom is -0.454 e. The van der Waals surface area contributed by atoms with E-state index in [1.807, 2.05) is 6.07 Å². The molecular formula is C17H28O3Si. The SMILES string of the molecule is CCCC(O[Si](CC)(CC)CC)c1ccc2c(c1)OCO2. The van der Waals surface area contributed by atoms with E-state index in [4.69, 9.17) is 13.9 Å². The molecule has 0 radical (unpaired) electrons. The van der Waals surface area contributed by atoms with Crippen LogP contribution in [0.25, 0.3) is 0 Å². The number of benzene rings is 1. The predicted molar refractivity (Wildman–Crippen MR) is 88.5 cm³/mol. The fraction of sp³-hybridized carbons (Fsp3) is 0.647. The second-order valence-corrected chi connectivity index (χ2v) is 10.5. The third kappa shape index (κ3) is 3.61. The van der Waals surface area contributed by atoms with E-state index in [-0.39, 0.29) is 6.10 Å². The van der Waals surface area contributed by atoms with Gasteiger partial charge >= 0.3 is 0 Å². The zero-order valence-corrected chi connectivity index (χ0v) is 14.8. The Morgan fingerprint density at radius 2 is 1.71 bits per heavy atom. The van der Waals surface area contributed by atoms with Crippen LogP contribution >= 0.6 is 0 Å². The van der Waals surface area contributed by atoms with Gasteiger partial charge in [0.1, 0.15) is 0 Å². The first-order valence-electron chi connectivity index (χ1n) is 8.25. The number of ether oxygens (including phenoxy) is 2. The van der Waals surface area contributed by atoms with Gasteiger partial charge in [-0.15, -0.1) is 0 Å². The number of rotatable bonds is 8. The molecule has 0 bridgehead atoms. The summed E-state index contributed by atoms with van der Waals surface area (Å²) in [5.74, 6) is 1.70. The largest absolute Gasteiger partial charge is 0.454 e. The van der Waals surface area contributed by atoms with Crippen LogP contribution in [0.1, 0.15) is 52.2 Å². The van der Waals surface area contributed by atoms with Gasteiger partial charge < -0.3 is 13.9 Å². The fourth-order valence-corrected chi connectivity index (χ4v) is 5.83. The van der Waals surface area contributed by atoms with Crippen LogP contribution in [0.2, 0.25) is 18.1 Å². The Balaban J connectivity index is 2.22. The maximum absolute atomic E-state index is 6.71. The maximum Gasteiger partial charge on any atom is 0.231 e. The Bertz CT molecular complexity index is 449. The first-order valence-corrected chi connectivity index (χ1v) is 10.8. The lowest BCUT2D eigenvalue weighted by Crippen LogP contribution is -2.37. The van der Waals surface area contributed by atoms with Crippen LogP contribution in [0.3, 0.4) is 0 Å². The van der Waals surface area contributed by atoms with Crippen molar-refractivity contribution in [3.63, 3.8) is 0 Å². The molecule has 1 heterocycles. The van der Waals surface area contributed by atoms with E-state index in [0.29, 0.717) is 6.79 Å². The van der Waals surface area contributed by atoms with Crippen LogP contribution in [0.4, 0.5) is 0 Å². The Morgan fingerprint density at radius 1 is 1.05 bits per heavy atom. The molecule has 1 aromatic carbocycles. The van der Waals surface area contributed by atoms with E-state index in [1.165, 1.54) is 23.7 Å². The normalized spacial score (nSPS) is 15.2. The lowest BCUT2D eigenvalue weighted by Gasteiger charge is -2.33. The van der Waals surface area contributed by atoms with E-state index in [2.05, 4.69) is 39.8 Å². The van der Waals surface area contributed by atoms with Gasteiger partial charge in [-0.3, -0.25) is 0 Å². The molecule has 1 unspecified atom stereocenters. The summed E-state index contributed by atoms with van der Waals surface area (Å²) in [7, 11) is -1.60. The lowest BCUT2D eigenvalue weighted by atomic mass is 10.0. The van der Waals surface area contributed by atoms with Crippen molar-refractivity contribution in [3.05, 3.63) is 23.8 Å². The molecule has 1 aliphatic heterocycles. The Labute approximate surface area is 129 Å². The average molecular weight is 308 g/mol. The topological polar surface area (TPSA) is 27.7 Å². The molecule has 0 N–H and O–H groups in total. The molecule has 3 nitrogen and oxygen atoms in total. The quantitative estimate of drug-likeness (QED) is 0.612. The first kappa shape index (κ1) is 16.4. The highest BCUT2D eigenvalue weighted by atomic mass is 28.4. The molecule has 2 rings (SSSR count). The van der Waals surface area contributed by atoms with Crippen molar-refractivity contribution in [2.45, 2.75) is 64.8 Å². The van der Waals surface area contributed by atoms with Gasteiger partial charge in [-0.25, -0.2) is 0 Å². The van der Waals surface area contributed by atoms with Crippen LogP contribution in [-0.4, -0.2) is 15.1 Å². The molecule has 21 heavy (non-hydrogen) atoms. The summed E-state index contributed by atoms with van der Waals surface area (Å²) < 4.78 is 17.6. The molecule has 0 saturated heterocycles. The molecule has 0 spiro atoms. The molecule has 0 aliphatic carbocycles. The summed E-state index contributed by atoms with van der Waals surface area (Å²) in [4.78, 5) is 0. The summed E-state index contributed by atoms with van der Waals surface area (Å²) in [6.45, 7) is 9.39. The average Bonchev–Trinajstić information content (AvgIpc) is 2.99. The van der Waals surface area contributed by atoms with Gasteiger partial charge in [-0.1, -0.05) is 40.2 Å². The van der Waals surface area contributed by atoms with Crippen LogP contribution in [0.5, 0.6) is 11.5 Å². The standard InChI is InChI=1S/C17H28O3Si/c1-5-9-15(20-21(6-2,7-3)8-4)14-10-11-16-17(12-14)19-13-18-16/h10-12,15H,5-9,13H2,1-4H3. The summed E-state index contributed by atoms with van der Waals surface area (Å²) in [5, 5.41) is 0. The molecule has 0 amide bonds. The van der Waals surface area contributed by atoms with Crippen LogP contribution in [0.15, 0.2) is 18.2 Å². The van der Waals surface area contributed by atoms with Crippen molar-refractivity contribution in [3.8, 4) is 11.5 Å². The van der Waals surface area contributed by atoms with Gasteiger partial charge in [0.15, 0.2) is 19.8 Å². The molecule has 118 valence electrons. The van der Waals surface area contributed by atoms with Gasteiger partial charge in [0, 0.05) is 0 Å². The second kappa shape index (κ2) is 7.32. The number of fused-ring (bicyclic) bond motifs is 1. The van der Waals surface area contributed by atoms with E-state index in [0.717, 1.165) is 24.3 Å². The van der Waals surface area contributed by atoms with Gasteiger partial charge in [0.05, 0.1) is 6.10 Å². The van der Waals surface area contributed by atoms with Crippen LogP contribution in [-0.2, 0) is 4.43 Å². The van der Waals surface area contributed by atoms with Crippen LogP contribution < -0.4 is 9.47 Å². The molecule has 0 saturated carbocycles. The zero-order valence-electron chi connectivity index (χ0n) is 13.8. The number of hydrogen-bond acceptors (Lipinski definition) is 3. The summed E-state index contributed by atoms with van der Waals surface area (Å²) in [6.07, 6.45) is 2.38. The Kier molecular flexibility index (Phi) is 5.70. The monoisotopic (exact) mass is 308 g/mol. The third-order valence-corrected chi connectivity index (χ3v) is 9.30. The van der Waals surface area contributed by atoms with Crippen LogP contribution in [0, 0.1) is 0 Å². The van der Waals surface area contributed by atoms with Crippen molar-refractivity contribution < 1.29 is 13.9 Å². The molecular weight excluding hydrogens is 280 g/mol. The molecule has 4 heteroatoms. The van der Waals surface area contributed by atoms with Gasteiger partial charge in [-0.2, -0.15) is 0 Å². The van der Waals surface area contributed by atoms with Crippen molar-refractivity contribution in [2.75, 3.05) is 6.79 Å². The zero-order chi connectivity index (χ0) is 15.3. The summed E-state index contributed by atoms with van der Waals surface area (Å²) in [6, 6.07) is 9.80. The first-order chi connectivity index (χ1) is 10.2. The molecule has 1 aromatic rings. The third-order valence-electron chi connectivity index (χ3n) is 4.64. The highest BCUT2D eigenvalue weighted by Gasteiger charge is 2.32. The molecule has 1 aliphatic rings. The van der Waals surface area contributed by atoms with Gasteiger partial charge in [0.25, 0.3) is 0 Å².